The maximum absolute atomic E-state index is 13.0. The van der Waals surface area contributed by atoms with Crippen molar-refractivity contribution in [2.45, 2.75) is 12.6 Å². The molecule has 0 aromatic heterocycles. The summed E-state index contributed by atoms with van der Waals surface area (Å²) >= 11 is 5.91. The van der Waals surface area contributed by atoms with Gasteiger partial charge in [0.05, 0.1) is 12.2 Å². The molecule has 0 amide bonds. The second-order valence-corrected chi connectivity index (χ2v) is 5.06. The van der Waals surface area contributed by atoms with Crippen molar-refractivity contribution in [1.29, 1.82) is 0 Å². The van der Waals surface area contributed by atoms with E-state index in [4.69, 9.17) is 16.3 Å². The molecule has 0 spiro atoms. The fraction of sp³-hybridized carbons (Fsp3) is 0.200. The summed E-state index contributed by atoms with van der Waals surface area (Å²) in [6, 6.07) is 9.04. The monoisotopic (exact) mass is 298 g/mol. The number of fused-ring (bicyclic) bond motifs is 1. The first-order valence-corrected chi connectivity index (χ1v) is 6.46. The van der Waals surface area contributed by atoms with Crippen molar-refractivity contribution < 1.29 is 17.9 Å². The third-order valence-corrected chi connectivity index (χ3v) is 3.48. The van der Waals surface area contributed by atoms with Crippen LogP contribution in [-0.4, -0.2) is 6.61 Å². The van der Waals surface area contributed by atoms with Gasteiger partial charge in [0.1, 0.15) is 5.75 Å². The summed E-state index contributed by atoms with van der Waals surface area (Å²) in [6.07, 6.45) is -3.88. The van der Waals surface area contributed by atoms with Gasteiger partial charge < -0.3 is 4.74 Å². The Kier molecular flexibility index (Phi) is 3.13. The Bertz CT molecular complexity index is 665. The molecule has 2 aromatic carbocycles. The lowest BCUT2D eigenvalue weighted by Gasteiger charge is -2.13. The van der Waals surface area contributed by atoms with Crippen molar-refractivity contribution in [3.63, 3.8) is 0 Å². The lowest BCUT2D eigenvalue weighted by molar-refractivity contribution is -0.137. The molecule has 0 aliphatic carbocycles. The number of alkyl halides is 3. The normalized spacial score (nSPS) is 14.0. The van der Waals surface area contributed by atoms with Crippen LogP contribution in [0.1, 0.15) is 11.1 Å². The Labute approximate surface area is 118 Å². The summed E-state index contributed by atoms with van der Waals surface area (Å²) in [4.78, 5) is 0. The molecule has 0 saturated carbocycles. The van der Waals surface area contributed by atoms with Crippen molar-refractivity contribution in [2.24, 2.45) is 0 Å². The van der Waals surface area contributed by atoms with Crippen LogP contribution in [0.4, 0.5) is 13.2 Å². The number of halogens is 4. The van der Waals surface area contributed by atoms with Gasteiger partial charge in [0, 0.05) is 17.0 Å². The van der Waals surface area contributed by atoms with Crippen LogP contribution in [-0.2, 0) is 12.6 Å². The zero-order valence-electron chi connectivity index (χ0n) is 10.3. The van der Waals surface area contributed by atoms with E-state index in [2.05, 4.69) is 0 Å². The molecule has 1 nitrogen and oxygen atoms in total. The van der Waals surface area contributed by atoms with Crippen LogP contribution in [0.15, 0.2) is 36.4 Å². The van der Waals surface area contributed by atoms with E-state index in [0.29, 0.717) is 40.5 Å². The second kappa shape index (κ2) is 4.70. The molecule has 0 atom stereocenters. The topological polar surface area (TPSA) is 9.23 Å². The van der Waals surface area contributed by atoms with Crippen LogP contribution in [0, 0.1) is 0 Å². The molecular weight excluding hydrogens is 289 g/mol. The lowest BCUT2D eigenvalue weighted by Crippen LogP contribution is -2.05. The smallest absolute Gasteiger partial charge is 0.416 e. The Morgan fingerprint density at radius 3 is 2.60 bits per heavy atom. The van der Waals surface area contributed by atoms with Crippen LogP contribution in [0.2, 0.25) is 5.02 Å². The molecule has 0 N–H and O–H groups in total. The molecule has 1 aliphatic rings. The molecule has 0 radical (unpaired) electrons. The number of ether oxygens (including phenoxy) is 1. The fourth-order valence-electron chi connectivity index (χ4n) is 2.34. The highest BCUT2D eigenvalue weighted by Crippen LogP contribution is 2.42. The van der Waals surface area contributed by atoms with Gasteiger partial charge in [-0.2, -0.15) is 13.2 Å². The van der Waals surface area contributed by atoms with Gasteiger partial charge in [0.25, 0.3) is 0 Å². The highest BCUT2D eigenvalue weighted by atomic mass is 35.5. The van der Waals surface area contributed by atoms with Gasteiger partial charge >= 0.3 is 6.18 Å². The Morgan fingerprint density at radius 1 is 1.10 bits per heavy atom. The first-order chi connectivity index (χ1) is 9.45. The van der Waals surface area contributed by atoms with Gasteiger partial charge in [-0.25, -0.2) is 0 Å². The van der Waals surface area contributed by atoms with Crippen molar-refractivity contribution in [1.82, 2.24) is 0 Å². The molecule has 1 aliphatic heterocycles. The minimum atomic E-state index is -4.37. The number of hydrogen-bond donors (Lipinski definition) is 0. The molecule has 3 rings (SSSR count). The maximum atomic E-state index is 13.0. The Morgan fingerprint density at radius 2 is 1.90 bits per heavy atom. The van der Waals surface area contributed by atoms with Gasteiger partial charge in [-0.15, -0.1) is 0 Å². The molecule has 1 heterocycles. The standard InChI is InChI=1S/C15H10ClF3O/c16-12-3-1-2-9(7-12)13-8-11(15(17,18)19)6-10-4-5-20-14(10)13/h1-3,6-8H,4-5H2. The molecular formula is C15H10ClF3O. The van der Waals surface area contributed by atoms with Gasteiger partial charge in [-0.05, 0) is 35.4 Å². The first kappa shape index (κ1) is 13.3. The Hall–Kier alpha value is -1.68. The lowest BCUT2D eigenvalue weighted by atomic mass is 9.97. The molecule has 20 heavy (non-hydrogen) atoms. The van der Waals surface area contributed by atoms with E-state index < -0.39 is 11.7 Å². The van der Waals surface area contributed by atoms with Crippen molar-refractivity contribution in [3.05, 3.63) is 52.5 Å². The zero-order valence-corrected chi connectivity index (χ0v) is 11.1. The molecule has 5 heteroatoms. The van der Waals surface area contributed by atoms with Gasteiger partial charge in [-0.3, -0.25) is 0 Å². The highest BCUT2D eigenvalue weighted by molar-refractivity contribution is 6.30. The van der Waals surface area contributed by atoms with Crippen LogP contribution < -0.4 is 4.74 Å². The van der Waals surface area contributed by atoms with E-state index in [1.54, 1.807) is 24.3 Å². The van der Waals surface area contributed by atoms with Crippen molar-refractivity contribution in [3.8, 4) is 16.9 Å². The SMILES string of the molecule is FC(F)(F)c1cc2c(c(-c3cccc(Cl)c3)c1)OCC2. The molecule has 0 saturated heterocycles. The van der Waals surface area contributed by atoms with E-state index in [9.17, 15) is 13.2 Å². The largest absolute Gasteiger partial charge is 0.492 e. The van der Waals surface area contributed by atoms with Crippen LogP contribution in [0.25, 0.3) is 11.1 Å². The summed E-state index contributed by atoms with van der Waals surface area (Å²) in [5.74, 6) is 0.528. The average molecular weight is 299 g/mol. The van der Waals surface area contributed by atoms with E-state index in [0.717, 1.165) is 12.1 Å². The highest BCUT2D eigenvalue weighted by Gasteiger charge is 2.33. The van der Waals surface area contributed by atoms with E-state index in [1.807, 2.05) is 0 Å². The third kappa shape index (κ3) is 2.36. The van der Waals surface area contributed by atoms with Crippen molar-refractivity contribution >= 4 is 11.6 Å². The van der Waals surface area contributed by atoms with Gasteiger partial charge in [0.2, 0.25) is 0 Å². The zero-order chi connectivity index (χ0) is 14.3. The average Bonchev–Trinajstić information content (AvgIpc) is 2.84. The van der Waals surface area contributed by atoms with Crippen LogP contribution >= 0.6 is 11.6 Å². The molecule has 0 bridgehead atoms. The van der Waals surface area contributed by atoms with Gasteiger partial charge in [-0.1, -0.05) is 23.7 Å². The predicted octanol–water partition coefficient (Wildman–Crippen LogP) is 4.96. The molecule has 2 aromatic rings. The quantitative estimate of drug-likeness (QED) is 0.723. The molecule has 0 fully saturated rings. The summed E-state index contributed by atoms with van der Waals surface area (Å²) in [7, 11) is 0. The second-order valence-electron chi connectivity index (χ2n) is 4.62. The first-order valence-electron chi connectivity index (χ1n) is 6.08. The summed E-state index contributed by atoms with van der Waals surface area (Å²) in [5, 5.41) is 0.478. The summed E-state index contributed by atoms with van der Waals surface area (Å²) in [5.41, 5.74) is 1.00. The summed E-state index contributed by atoms with van der Waals surface area (Å²) in [6.45, 7) is 0.407. The van der Waals surface area contributed by atoms with Gasteiger partial charge in [0.15, 0.2) is 0 Å². The number of benzene rings is 2. The van der Waals surface area contributed by atoms with Crippen molar-refractivity contribution in [2.75, 3.05) is 6.61 Å². The molecule has 104 valence electrons. The van der Waals surface area contributed by atoms with Crippen LogP contribution in [0.5, 0.6) is 5.75 Å². The Balaban J connectivity index is 2.22. The maximum Gasteiger partial charge on any atom is 0.416 e. The number of hydrogen-bond acceptors (Lipinski definition) is 1. The minimum absolute atomic E-state index is 0.407. The number of rotatable bonds is 1. The fourth-order valence-corrected chi connectivity index (χ4v) is 2.53. The third-order valence-electron chi connectivity index (χ3n) is 3.25. The summed E-state index contributed by atoms with van der Waals surface area (Å²) < 4.78 is 44.4. The van der Waals surface area contributed by atoms with E-state index in [-0.39, 0.29) is 0 Å². The van der Waals surface area contributed by atoms with Crippen LogP contribution in [0.3, 0.4) is 0 Å². The van der Waals surface area contributed by atoms with E-state index >= 15 is 0 Å². The molecule has 0 unspecified atom stereocenters. The minimum Gasteiger partial charge on any atom is -0.492 e. The predicted molar refractivity (Wildman–Crippen MR) is 71.1 cm³/mol. The van der Waals surface area contributed by atoms with E-state index in [1.165, 1.54) is 0 Å².